The predicted octanol–water partition coefficient (Wildman–Crippen LogP) is 3.81. The minimum Gasteiger partial charge on any atom is -0.326 e. The van der Waals surface area contributed by atoms with Crippen molar-refractivity contribution in [3.8, 4) is 0 Å². The van der Waals surface area contributed by atoms with Crippen LogP contribution < -0.4 is 10.2 Å². The number of nitrogens with one attached hydrogen (secondary N) is 1. The maximum absolute atomic E-state index is 12.9. The van der Waals surface area contributed by atoms with Crippen LogP contribution in [0.3, 0.4) is 0 Å². The van der Waals surface area contributed by atoms with Gasteiger partial charge in [0.25, 0.3) is 0 Å². The molecule has 0 aromatic heterocycles. The summed E-state index contributed by atoms with van der Waals surface area (Å²) >= 11 is 0. The highest BCUT2D eigenvalue weighted by Gasteiger charge is 2.35. The van der Waals surface area contributed by atoms with Gasteiger partial charge in [-0.25, -0.2) is 8.42 Å². The lowest BCUT2D eigenvalue weighted by atomic mass is 10.1. The van der Waals surface area contributed by atoms with E-state index in [-0.39, 0.29) is 29.7 Å². The molecule has 3 aromatic rings. The van der Waals surface area contributed by atoms with Gasteiger partial charge in [0.2, 0.25) is 21.8 Å². The topological polar surface area (TPSA) is 86.8 Å². The SMILES string of the molecule is Cc1cccc(N2CC(C(=O)Nc3ccc(S(=O)(=O)N(C)Cc4ccccc4)cc3)CC2=O)c1. The van der Waals surface area contributed by atoms with Crippen LogP contribution in [0.2, 0.25) is 0 Å². The molecule has 7 nitrogen and oxygen atoms in total. The Balaban J connectivity index is 1.39. The van der Waals surface area contributed by atoms with Gasteiger partial charge in [-0.3, -0.25) is 9.59 Å². The van der Waals surface area contributed by atoms with Crippen molar-refractivity contribution in [1.82, 2.24) is 4.31 Å². The number of benzene rings is 3. The van der Waals surface area contributed by atoms with E-state index in [0.29, 0.717) is 12.2 Å². The second kappa shape index (κ2) is 9.79. The highest BCUT2D eigenvalue weighted by atomic mass is 32.2. The summed E-state index contributed by atoms with van der Waals surface area (Å²) in [7, 11) is -2.14. The van der Waals surface area contributed by atoms with Crippen molar-refractivity contribution in [2.24, 2.45) is 5.92 Å². The predicted molar refractivity (Wildman–Crippen MR) is 132 cm³/mol. The summed E-state index contributed by atoms with van der Waals surface area (Å²) in [5.74, 6) is -0.831. The molecule has 34 heavy (non-hydrogen) atoms. The lowest BCUT2D eigenvalue weighted by Crippen LogP contribution is -2.28. The Morgan fingerprint density at radius 2 is 1.74 bits per heavy atom. The van der Waals surface area contributed by atoms with E-state index < -0.39 is 15.9 Å². The first-order valence-corrected chi connectivity index (χ1v) is 12.5. The molecular formula is C26H27N3O4S. The number of rotatable bonds is 7. The molecule has 1 unspecified atom stereocenters. The zero-order valence-corrected chi connectivity index (χ0v) is 20.0. The fourth-order valence-corrected chi connectivity index (χ4v) is 5.15. The fraction of sp³-hybridized carbons (Fsp3) is 0.231. The number of carbonyl (C=O) groups excluding carboxylic acids is 2. The molecule has 1 aliphatic heterocycles. The van der Waals surface area contributed by atoms with Crippen LogP contribution in [0.1, 0.15) is 17.5 Å². The van der Waals surface area contributed by atoms with E-state index in [1.165, 1.54) is 23.5 Å². The lowest BCUT2D eigenvalue weighted by Gasteiger charge is -2.18. The summed E-state index contributed by atoms with van der Waals surface area (Å²) < 4.78 is 27.1. The average molecular weight is 478 g/mol. The normalized spacial score (nSPS) is 16.1. The molecule has 2 amide bonds. The third kappa shape index (κ3) is 5.18. The number of amides is 2. The quantitative estimate of drug-likeness (QED) is 0.561. The zero-order valence-electron chi connectivity index (χ0n) is 19.1. The van der Waals surface area contributed by atoms with Gasteiger partial charge in [0, 0.05) is 37.9 Å². The molecule has 0 aliphatic carbocycles. The van der Waals surface area contributed by atoms with Crippen molar-refractivity contribution in [2.45, 2.75) is 24.8 Å². The number of hydrogen-bond acceptors (Lipinski definition) is 4. The van der Waals surface area contributed by atoms with Crippen molar-refractivity contribution < 1.29 is 18.0 Å². The van der Waals surface area contributed by atoms with E-state index in [9.17, 15) is 18.0 Å². The Kier molecular flexibility index (Phi) is 6.81. The number of aryl methyl sites for hydroxylation is 1. The van der Waals surface area contributed by atoms with E-state index in [2.05, 4.69) is 5.32 Å². The Morgan fingerprint density at radius 3 is 2.41 bits per heavy atom. The maximum Gasteiger partial charge on any atom is 0.243 e. The molecule has 1 heterocycles. The van der Waals surface area contributed by atoms with Crippen LogP contribution >= 0.6 is 0 Å². The molecule has 0 bridgehead atoms. The Bertz CT molecular complexity index is 1290. The van der Waals surface area contributed by atoms with Crippen LogP contribution in [0.25, 0.3) is 0 Å². The fourth-order valence-electron chi connectivity index (χ4n) is 3.99. The molecule has 1 aliphatic rings. The van der Waals surface area contributed by atoms with Gasteiger partial charge < -0.3 is 10.2 Å². The molecular weight excluding hydrogens is 450 g/mol. The van der Waals surface area contributed by atoms with Gasteiger partial charge in [0.05, 0.1) is 10.8 Å². The van der Waals surface area contributed by atoms with Gasteiger partial charge in [-0.05, 0) is 54.4 Å². The van der Waals surface area contributed by atoms with E-state index in [4.69, 9.17) is 0 Å². The van der Waals surface area contributed by atoms with Crippen molar-refractivity contribution in [2.75, 3.05) is 23.8 Å². The number of anilines is 2. The molecule has 0 radical (unpaired) electrons. The van der Waals surface area contributed by atoms with Crippen LogP contribution in [0.4, 0.5) is 11.4 Å². The van der Waals surface area contributed by atoms with Crippen molar-refractivity contribution in [3.05, 3.63) is 90.0 Å². The Hall–Kier alpha value is -3.49. The standard InChI is InChI=1S/C26H27N3O4S/c1-19-7-6-10-23(15-19)29-18-21(16-25(29)30)26(31)27-22-11-13-24(14-12-22)34(32,33)28(2)17-20-8-4-3-5-9-20/h3-15,21H,16-18H2,1-2H3,(H,27,31). The number of nitrogens with zero attached hydrogens (tertiary/aromatic N) is 2. The molecule has 8 heteroatoms. The third-order valence-electron chi connectivity index (χ3n) is 5.89. The van der Waals surface area contributed by atoms with Crippen LogP contribution in [0, 0.1) is 12.8 Å². The van der Waals surface area contributed by atoms with Gasteiger partial charge in [0.1, 0.15) is 0 Å². The molecule has 1 saturated heterocycles. The molecule has 4 rings (SSSR count). The number of hydrogen-bond donors (Lipinski definition) is 1. The number of carbonyl (C=O) groups is 2. The van der Waals surface area contributed by atoms with E-state index in [1.807, 2.05) is 61.5 Å². The minimum atomic E-state index is -3.68. The molecule has 0 spiro atoms. The number of sulfonamides is 1. The monoisotopic (exact) mass is 477 g/mol. The highest BCUT2D eigenvalue weighted by Crippen LogP contribution is 2.27. The summed E-state index contributed by atoms with van der Waals surface area (Å²) in [6, 6.07) is 23.1. The van der Waals surface area contributed by atoms with Crippen LogP contribution in [-0.2, 0) is 26.2 Å². The Morgan fingerprint density at radius 1 is 1.03 bits per heavy atom. The average Bonchev–Trinajstić information content (AvgIpc) is 3.22. The lowest BCUT2D eigenvalue weighted by molar-refractivity contribution is -0.122. The first-order chi connectivity index (χ1) is 16.2. The second-order valence-electron chi connectivity index (χ2n) is 8.50. The van der Waals surface area contributed by atoms with Crippen molar-refractivity contribution in [1.29, 1.82) is 0 Å². The zero-order chi connectivity index (χ0) is 24.3. The summed E-state index contributed by atoms with van der Waals surface area (Å²) in [6.07, 6.45) is 0.135. The van der Waals surface area contributed by atoms with Crippen LogP contribution in [0.15, 0.2) is 83.8 Å². The summed E-state index contributed by atoms with van der Waals surface area (Å²) in [5.41, 5.74) is 3.21. The second-order valence-corrected chi connectivity index (χ2v) is 10.5. The van der Waals surface area contributed by atoms with E-state index in [0.717, 1.165) is 16.8 Å². The van der Waals surface area contributed by atoms with Crippen LogP contribution in [-0.4, -0.2) is 38.1 Å². The van der Waals surface area contributed by atoms with E-state index >= 15 is 0 Å². The Labute approximate surface area is 200 Å². The largest absolute Gasteiger partial charge is 0.326 e. The first-order valence-electron chi connectivity index (χ1n) is 11.0. The highest BCUT2D eigenvalue weighted by molar-refractivity contribution is 7.89. The minimum absolute atomic E-state index is 0.0892. The van der Waals surface area contributed by atoms with Gasteiger partial charge in [0.15, 0.2) is 0 Å². The molecule has 176 valence electrons. The summed E-state index contributed by atoms with van der Waals surface area (Å²) in [6.45, 7) is 2.53. The third-order valence-corrected chi connectivity index (χ3v) is 7.70. The van der Waals surface area contributed by atoms with Crippen LogP contribution in [0.5, 0.6) is 0 Å². The van der Waals surface area contributed by atoms with Crippen molar-refractivity contribution >= 4 is 33.2 Å². The van der Waals surface area contributed by atoms with Crippen molar-refractivity contribution in [3.63, 3.8) is 0 Å². The van der Waals surface area contributed by atoms with E-state index in [1.54, 1.807) is 17.0 Å². The molecule has 1 atom stereocenters. The van der Waals surface area contributed by atoms with Gasteiger partial charge in [-0.2, -0.15) is 4.31 Å². The molecule has 1 fully saturated rings. The first kappa shape index (κ1) is 23.7. The molecule has 0 saturated carbocycles. The molecule has 1 N–H and O–H groups in total. The smallest absolute Gasteiger partial charge is 0.243 e. The maximum atomic E-state index is 12.9. The summed E-state index contributed by atoms with van der Waals surface area (Å²) in [5, 5.41) is 2.81. The summed E-state index contributed by atoms with van der Waals surface area (Å²) in [4.78, 5) is 27.0. The van der Waals surface area contributed by atoms with Gasteiger partial charge in [-0.15, -0.1) is 0 Å². The van der Waals surface area contributed by atoms with Gasteiger partial charge in [-0.1, -0.05) is 42.5 Å². The van der Waals surface area contributed by atoms with Gasteiger partial charge >= 0.3 is 0 Å². The molecule has 3 aromatic carbocycles.